The molecule has 4 N–H and O–H groups in total. The molecule has 0 aliphatic heterocycles. The summed E-state index contributed by atoms with van der Waals surface area (Å²) in [7, 11) is 0. The quantitative estimate of drug-likeness (QED) is 0.212. The summed E-state index contributed by atoms with van der Waals surface area (Å²) in [4.78, 5) is 33.4. The Morgan fingerprint density at radius 3 is 2.07 bits per heavy atom. The third-order valence-electron chi connectivity index (χ3n) is 3.97. The van der Waals surface area contributed by atoms with Gasteiger partial charge in [0.2, 0.25) is 11.8 Å². The first-order chi connectivity index (χ1) is 13.6. The first-order valence-corrected chi connectivity index (χ1v) is 10.8. The molecule has 1 atom stereocenters. The minimum Gasteiger partial charge on any atom is -0.480 e. The van der Waals surface area contributed by atoms with Crippen LogP contribution in [0.5, 0.6) is 0 Å². The Bertz CT molecular complexity index is 675. The van der Waals surface area contributed by atoms with Crippen LogP contribution in [0.1, 0.15) is 60.8 Å². The summed E-state index contributed by atoms with van der Waals surface area (Å²) in [6, 6.07) is -1.02. The van der Waals surface area contributed by atoms with E-state index < -0.39 is 23.8 Å². The second-order valence-corrected chi connectivity index (χ2v) is 8.21. The van der Waals surface area contributed by atoms with Gasteiger partial charge in [-0.05, 0) is 53.4 Å². The topological polar surface area (TPSA) is 109 Å². The largest absolute Gasteiger partial charge is 0.480 e. The van der Waals surface area contributed by atoms with Gasteiger partial charge in [-0.1, -0.05) is 42.4 Å². The summed E-state index contributed by atoms with van der Waals surface area (Å²) in [5, 5.41) is 11.5. The van der Waals surface area contributed by atoms with Crippen molar-refractivity contribution in [1.82, 2.24) is 5.32 Å². The Morgan fingerprint density at radius 1 is 0.967 bits per heavy atom. The van der Waals surface area contributed by atoms with E-state index in [0.717, 1.165) is 37.8 Å². The molecule has 170 valence electrons. The van der Waals surface area contributed by atoms with E-state index in [1.54, 1.807) is 0 Å². The van der Waals surface area contributed by atoms with Gasteiger partial charge in [-0.3, -0.25) is 9.59 Å². The molecular weight excluding hydrogens is 400 g/mol. The number of rotatable bonds is 14. The van der Waals surface area contributed by atoms with Crippen LogP contribution in [0, 0.1) is 0 Å². The van der Waals surface area contributed by atoms with Gasteiger partial charge in [-0.2, -0.15) is 11.8 Å². The van der Waals surface area contributed by atoms with E-state index in [0.29, 0.717) is 5.75 Å². The lowest BCUT2D eigenvalue weighted by atomic mass is 10.1. The van der Waals surface area contributed by atoms with E-state index in [1.807, 2.05) is 0 Å². The molecule has 6 nitrogen and oxygen atoms in total. The molecule has 0 unspecified atom stereocenters. The number of carboxylic acid groups (broad SMARTS) is 1. The number of amides is 2. The standard InChI is InChI=1S/C22H34N2O4S.CH4/c1-16(2)7-5-8-17(3)9-6-10-18(4)13-14-29-15-19(22(27)28)24-21(26)12-11-20(23)25;/h7,9,11-13,19H,5-6,8,10,14-15H2,1-4H3,(H2,23,25)(H,24,26)(H,27,28);1H4/b12-11?,17-9+,18-13+;/t19-;/m0./s1. The van der Waals surface area contributed by atoms with Crippen LogP contribution < -0.4 is 11.1 Å². The fourth-order valence-corrected chi connectivity index (χ4v) is 3.28. The lowest BCUT2D eigenvalue weighted by molar-refractivity contribution is -0.140. The Morgan fingerprint density at radius 2 is 1.53 bits per heavy atom. The van der Waals surface area contributed by atoms with Crippen molar-refractivity contribution in [3.8, 4) is 0 Å². The summed E-state index contributed by atoms with van der Waals surface area (Å²) in [6.45, 7) is 8.45. The molecule has 0 aromatic heterocycles. The summed E-state index contributed by atoms with van der Waals surface area (Å²) in [6.07, 6.45) is 12.6. The van der Waals surface area contributed by atoms with Crippen molar-refractivity contribution in [1.29, 1.82) is 0 Å². The molecule has 0 aromatic carbocycles. The number of carbonyl (C=O) groups is 3. The van der Waals surface area contributed by atoms with Crippen LogP contribution >= 0.6 is 11.8 Å². The van der Waals surface area contributed by atoms with Gasteiger partial charge < -0.3 is 16.2 Å². The van der Waals surface area contributed by atoms with Crippen LogP contribution in [0.3, 0.4) is 0 Å². The molecule has 0 aliphatic rings. The lowest BCUT2D eigenvalue weighted by Gasteiger charge is -2.12. The normalized spacial score (nSPS) is 12.8. The number of nitrogens with one attached hydrogen (secondary N) is 1. The predicted octanol–water partition coefficient (Wildman–Crippen LogP) is 4.39. The SMILES string of the molecule is C.CC(C)=CCC/C(C)=C/CC/C(C)=C/CSC[C@H](NC(=O)C=CC(N)=O)C(=O)O. The molecule has 0 radical (unpaired) electrons. The van der Waals surface area contributed by atoms with Crippen molar-refractivity contribution in [3.05, 3.63) is 47.1 Å². The van der Waals surface area contributed by atoms with Crippen molar-refractivity contribution >= 4 is 29.5 Å². The number of carboxylic acids is 1. The number of aliphatic carboxylic acids is 1. The number of nitrogens with two attached hydrogens (primary N) is 1. The van der Waals surface area contributed by atoms with Crippen LogP contribution in [-0.2, 0) is 14.4 Å². The molecule has 0 saturated carbocycles. The van der Waals surface area contributed by atoms with Crippen LogP contribution in [0.15, 0.2) is 47.1 Å². The molecule has 0 aromatic rings. The lowest BCUT2D eigenvalue weighted by Crippen LogP contribution is -2.42. The monoisotopic (exact) mass is 438 g/mol. The van der Waals surface area contributed by atoms with E-state index in [2.05, 4.69) is 51.2 Å². The van der Waals surface area contributed by atoms with Gasteiger partial charge in [0.25, 0.3) is 0 Å². The van der Waals surface area contributed by atoms with E-state index in [9.17, 15) is 19.5 Å². The second-order valence-electron chi connectivity index (χ2n) is 7.13. The number of thioether (sulfide) groups is 1. The van der Waals surface area contributed by atoms with Gasteiger partial charge in [-0.25, -0.2) is 4.79 Å². The first-order valence-electron chi connectivity index (χ1n) is 9.65. The van der Waals surface area contributed by atoms with E-state index in [4.69, 9.17) is 5.73 Å². The molecule has 7 heteroatoms. The summed E-state index contributed by atoms with van der Waals surface area (Å²) in [5.74, 6) is -1.63. The van der Waals surface area contributed by atoms with Crippen LogP contribution in [0.2, 0.25) is 0 Å². The minimum atomic E-state index is -1.12. The van der Waals surface area contributed by atoms with Crippen LogP contribution in [0.4, 0.5) is 0 Å². The molecule has 0 fully saturated rings. The summed E-state index contributed by atoms with van der Waals surface area (Å²) < 4.78 is 0. The zero-order valence-corrected chi connectivity index (χ0v) is 18.7. The molecule has 0 spiro atoms. The van der Waals surface area contributed by atoms with Gasteiger partial charge >= 0.3 is 5.97 Å². The molecule has 0 saturated heterocycles. The van der Waals surface area contributed by atoms with E-state index in [1.165, 1.54) is 28.5 Å². The second kappa shape index (κ2) is 17.6. The van der Waals surface area contributed by atoms with E-state index in [-0.39, 0.29) is 13.2 Å². The number of hydrogen-bond donors (Lipinski definition) is 3. The Balaban J connectivity index is 0. The highest BCUT2D eigenvalue weighted by Crippen LogP contribution is 2.13. The molecule has 0 rings (SSSR count). The Kier molecular flexibility index (Phi) is 17.5. The zero-order valence-electron chi connectivity index (χ0n) is 17.9. The molecule has 30 heavy (non-hydrogen) atoms. The van der Waals surface area contributed by atoms with Crippen molar-refractivity contribution < 1.29 is 19.5 Å². The van der Waals surface area contributed by atoms with Crippen LogP contribution in [0.25, 0.3) is 0 Å². The maximum atomic E-state index is 11.6. The fourth-order valence-electron chi connectivity index (χ4n) is 2.28. The molecular formula is C23H38N2O4S. The van der Waals surface area contributed by atoms with Gasteiger partial charge in [0, 0.05) is 23.7 Å². The zero-order chi connectivity index (χ0) is 22.2. The molecule has 2 amide bonds. The van der Waals surface area contributed by atoms with Crippen LogP contribution in [-0.4, -0.2) is 40.4 Å². The van der Waals surface area contributed by atoms with Crippen molar-refractivity contribution in [2.24, 2.45) is 5.73 Å². The number of primary amides is 1. The molecule has 0 heterocycles. The van der Waals surface area contributed by atoms with E-state index >= 15 is 0 Å². The Labute approximate surface area is 185 Å². The average molecular weight is 439 g/mol. The predicted molar refractivity (Wildman–Crippen MR) is 127 cm³/mol. The molecule has 0 aliphatic carbocycles. The van der Waals surface area contributed by atoms with Crippen molar-refractivity contribution in [2.75, 3.05) is 11.5 Å². The highest BCUT2D eigenvalue weighted by Gasteiger charge is 2.18. The van der Waals surface area contributed by atoms with Crippen molar-refractivity contribution in [3.63, 3.8) is 0 Å². The molecule has 0 bridgehead atoms. The number of carbonyl (C=O) groups excluding carboxylic acids is 2. The first kappa shape index (κ1) is 29.9. The smallest absolute Gasteiger partial charge is 0.327 e. The highest BCUT2D eigenvalue weighted by atomic mass is 32.2. The van der Waals surface area contributed by atoms with Gasteiger partial charge in [-0.15, -0.1) is 0 Å². The summed E-state index contributed by atoms with van der Waals surface area (Å²) >= 11 is 1.43. The van der Waals surface area contributed by atoms with Gasteiger partial charge in [0.15, 0.2) is 0 Å². The van der Waals surface area contributed by atoms with Gasteiger partial charge in [0.1, 0.15) is 6.04 Å². The number of allylic oxidation sites excluding steroid dienone is 5. The fraction of sp³-hybridized carbons (Fsp3) is 0.522. The van der Waals surface area contributed by atoms with Gasteiger partial charge in [0.05, 0.1) is 0 Å². The Hall–Kier alpha value is -2.28. The maximum absolute atomic E-state index is 11.6. The minimum absolute atomic E-state index is 0. The third kappa shape index (κ3) is 17.8. The maximum Gasteiger partial charge on any atom is 0.327 e. The third-order valence-corrected chi connectivity index (χ3v) is 4.94. The average Bonchev–Trinajstić information content (AvgIpc) is 2.61. The van der Waals surface area contributed by atoms with Crippen molar-refractivity contribution in [2.45, 2.75) is 66.8 Å². The highest BCUT2D eigenvalue weighted by molar-refractivity contribution is 7.99. The summed E-state index contributed by atoms with van der Waals surface area (Å²) in [5.41, 5.74) is 8.90. The number of hydrogen-bond acceptors (Lipinski definition) is 4.